The molecule has 0 radical (unpaired) electrons. The number of halogens is 1. The van der Waals surface area contributed by atoms with Gasteiger partial charge in [-0.3, -0.25) is 0 Å². The van der Waals surface area contributed by atoms with Gasteiger partial charge in [-0.1, -0.05) is 171 Å². The summed E-state index contributed by atoms with van der Waals surface area (Å²) in [7, 11) is 0. The summed E-state index contributed by atoms with van der Waals surface area (Å²) in [6, 6.07) is 53.5. The molecule has 270 valence electrons. The van der Waals surface area contributed by atoms with Crippen LogP contribution in [0.5, 0.6) is 0 Å². The smallest absolute Gasteiger partial charge is 0.242 e. The first-order valence-electron chi connectivity index (χ1n) is 19.5. The first-order chi connectivity index (χ1) is 27.1. The molecule has 1 aromatic heterocycles. The highest BCUT2D eigenvalue weighted by Gasteiger charge is 2.28. The summed E-state index contributed by atoms with van der Waals surface area (Å²) in [6.07, 6.45) is 0. The molecule has 0 saturated heterocycles. The second-order valence-electron chi connectivity index (χ2n) is 15.6. The second-order valence-corrected chi connectivity index (χ2v) is 15.6. The molecule has 9 rings (SSSR count). The number of benzene rings is 8. The van der Waals surface area contributed by atoms with Crippen molar-refractivity contribution in [1.29, 1.82) is 0 Å². The number of hydrogen-bond acceptors (Lipinski definition) is 1. The van der Waals surface area contributed by atoms with Crippen molar-refractivity contribution < 1.29 is 4.39 Å². The van der Waals surface area contributed by atoms with E-state index >= 15 is 0 Å². The molecule has 0 aliphatic heterocycles. The Morgan fingerprint density at radius 1 is 0.429 bits per heavy atom. The molecule has 0 atom stereocenters. The minimum Gasteiger partial charge on any atom is -0.247 e. The molecule has 1 heterocycles. The summed E-state index contributed by atoms with van der Waals surface area (Å²) >= 11 is 0. The number of fused-ring (bicyclic) bond motifs is 5. The number of rotatable bonds is 6. The molecule has 0 amide bonds. The second kappa shape index (κ2) is 14.1. The number of para-hydroxylation sites is 1. The van der Waals surface area contributed by atoms with Gasteiger partial charge >= 0.3 is 0 Å². The number of aryl methyl sites for hydroxylation is 6. The Morgan fingerprint density at radius 2 is 0.929 bits per heavy atom. The topological polar surface area (TPSA) is 12.9 Å². The van der Waals surface area contributed by atoms with Crippen LogP contribution in [0, 0.1) is 47.4 Å². The minimum atomic E-state index is -0.253. The maximum Gasteiger partial charge on any atom is 0.242 e. The summed E-state index contributed by atoms with van der Waals surface area (Å²) in [5.41, 5.74) is 19.5. The minimum absolute atomic E-state index is 0.148. The van der Waals surface area contributed by atoms with Crippen molar-refractivity contribution >= 4 is 55.5 Å². The van der Waals surface area contributed by atoms with Crippen molar-refractivity contribution in [3.8, 4) is 33.5 Å². The van der Waals surface area contributed by atoms with Gasteiger partial charge in [-0.15, -0.1) is 0 Å². The summed E-state index contributed by atoms with van der Waals surface area (Å²) < 4.78 is 13.9. The average Bonchev–Trinajstić information content (AvgIpc) is 3.19. The largest absolute Gasteiger partial charge is 0.247 e. The molecule has 0 spiro atoms. The lowest BCUT2D eigenvalue weighted by atomic mass is 9.34. The van der Waals surface area contributed by atoms with Crippen LogP contribution in [0.25, 0.3) is 66.0 Å². The standard InChI is InChI=1S/C53H43BFN/c1-32-28-34(3)51(35(4)29-32)54(52-36(5)30-33(2)31-37(52)6)42-22-18-39(19-23-42)38-14-16-40(17-15-38)44-11-9-12-46-45(44)26-27-48-50(46)47-10-7-8-13-49(47)56-53(48)41-20-24-43(55)25-21-41/h7-31H,1-6H3. The lowest BCUT2D eigenvalue weighted by molar-refractivity contribution is 0.628. The molecule has 1 nitrogen and oxygen atoms in total. The Balaban J connectivity index is 1.11. The fourth-order valence-corrected chi connectivity index (χ4v) is 9.37. The highest BCUT2D eigenvalue weighted by molar-refractivity contribution is 6.96. The van der Waals surface area contributed by atoms with Gasteiger partial charge in [-0.2, -0.15) is 0 Å². The van der Waals surface area contributed by atoms with Crippen molar-refractivity contribution in [2.75, 3.05) is 0 Å². The molecule has 0 unspecified atom stereocenters. The van der Waals surface area contributed by atoms with Crippen LogP contribution < -0.4 is 16.4 Å². The Bertz CT molecular complexity index is 2860. The molecule has 56 heavy (non-hydrogen) atoms. The number of aromatic nitrogens is 1. The quantitative estimate of drug-likeness (QED) is 0.123. The van der Waals surface area contributed by atoms with Crippen molar-refractivity contribution in [2.45, 2.75) is 41.5 Å². The van der Waals surface area contributed by atoms with E-state index < -0.39 is 0 Å². The van der Waals surface area contributed by atoms with Gasteiger partial charge in [0.05, 0.1) is 11.2 Å². The number of nitrogens with zero attached hydrogens (tertiary/aromatic N) is 1. The van der Waals surface area contributed by atoms with Crippen molar-refractivity contribution in [2.24, 2.45) is 0 Å². The number of hydrogen-bond donors (Lipinski definition) is 0. The molecular weight excluding hydrogens is 680 g/mol. The Kier molecular flexibility index (Phi) is 8.90. The van der Waals surface area contributed by atoms with Crippen LogP contribution in [0.1, 0.15) is 33.4 Å². The van der Waals surface area contributed by atoms with Crippen LogP contribution in [-0.4, -0.2) is 11.7 Å². The van der Waals surface area contributed by atoms with Gasteiger partial charge in [0.1, 0.15) is 5.82 Å². The van der Waals surface area contributed by atoms with Gasteiger partial charge in [0.2, 0.25) is 6.71 Å². The molecule has 0 bridgehead atoms. The lowest BCUT2D eigenvalue weighted by Crippen LogP contribution is -2.55. The van der Waals surface area contributed by atoms with Gasteiger partial charge in [0.15, 0.2) is 0 Å². The Labute approximate surface area is 329 Å². The van der Waals surface area contributed by atoms with Crippen LogP contribution in [0.2, 0.25) is 0 Å². The van der Waals surface area contributed by atoms with Crippen LogP contribution in [-0.2, 0) is 0 Å². The third kappa shape index (κ3) is 6.18. The maximum absolute atomic E-state index is 13.9. The molecule has 9 aromatic rings. The number of pyridine rings is 1. The normalized spacial score (nSPS) is 11.5. The molecule has 0 aliphatic rings. The zero-order chi connectivity index (χ0) is 38.7. The summed E-state index contributed by atoms with van der Waals surface area (Å²) in [6.45, 7) is 13.6. The Hall–Kier alpha value is -6.32. The molecule has 3 heteroatoms. The third-order valence-corrected chi connectivity index (χ3v) is 11.7. The van der Waals surface area contributed by atoms with E-state index in [1.807, 2.05) is 18.2 Å². The van der Waals surface area contributed by atoms with Crippen LogP contribution in [0.3, 0.4) is 0 Å². The molecule has 8 aromatic carbocycles. The van der Waals surface area contributed by atoms with E-state index in [1.165, 1.54) is 94.9 Å². The lowest BCUT2D eigenvalue weighted by Gasteiger charge is -2.24. The molecular formula is C53H43BFN. The average molecular weight is 724 g/mol. The van der Waals surface area contributed by atoms with Crippen LogP contribution in [0.4, 0.5) is 4.39 Å². The van der Waals surface area contributed by atoms with E-state index in [4.69, 9.17) is 4.98 Å². The van der Waals surface area contributed by atoms with Crippen molar-refractivity contribution in [1.82, 2.24) is 4.98 Å². The summed E-state index contributed by atoms with van der Waals surface area (Å²) in [4.78, 5) is 5.07. The maximum atomic E-state index is 13.9. The highest BCUT2D eigenvalue weighted by atomic mass is 19.1. The monoisotopic (exact) mass is 723 g/mol. The third-order valence-electron chi connectivity index (χ3n) is 11.7. The van der Waals surface area contributed by atoms with Crippen LogP contribution >= 0.6 is 0 Å². The van der Waals surface area contributed by atoms with Gasteiger partial charge < -0.3 is 0 Å². The van der Waals surface area contributed by atoms with Gasteiger partial charge in [-0.05, 0) is 105 Å². The van der Waals surface area contributed by atoms with Crippen molar-refractivity contribution in [3.05, 3.63) is 191 Å². The predicted octanol–water partition coefficient (Wildman–Crippen LogP) is 12.0. The van der Waals surface area contributed by atoms with Gasteiger partial charge in [-0.25, -0.2) is 9.37 Å². The molecule has 0 aliphatic carbocycles. The fraction of sp³-hybridized carbons (Fsp3) is 0.113. The predicted molar refractivity (Wildman–Crippen MR) is 239 cm³/mol. The van der Waals surface area contributed by atoms with Gasteiger partial charge in [0.25, 0.3) is 0 Å². The Morgan fingerprint density at radius 3 is 1.54 bits per heavy atom. The fourth-order valence-electron chi connectivity index (χ4n) is 9.37. The van der Waals surface area contributed by atoms with Crippen molar-refractivity contribution in [3.63, 3.8) is 0 Å². The first kappa shape index (κ1) is 35.4. The van der Waals surface area contributed by atoms with E-state index in [0.717, 1.165) is 32.9 Å². The van der Waals surface area contributed by atoms with E-state index in [2.05, 4.69) is 163 Å². The summed E-state index contributed by atoms with van der Waals surface area (Å²) in [5, 5.41) is 5.69. The molecule has 0 N–H and O–H groups in total. The summed E-state index contributed by atoms with van der Waals surface area (Å²) in [5.74, 6) is -0.253. The van der Waals surface area contributed by atoms with E-state index in [0.29, 0.717) is 0 Å². The zero-order valence-electron chi connectivity index (χ0n) is 32.8. The SMILES string of the molecule is Cc1cc(C)c(B(c2ccc(-c3ccc(-c4cccc5c4ccc4c(-c6ccc(F)cc6)nc6ccccc6c45)cc3)cc2)c2c(C)cc(C)cc2C)c(C)c1. The van der Waals surface area contributed by atoms with Crippen LogP contribution in [0.15, 0.2) is 152 Å². The van der Waals surface area contributed by atoms with Gasteiger partial charge in [0, 0.05) is 21.7 Å². The highest BCUT2D eigenvalue weighted by Crippen LogP contribution is 2.40. The van der Waals surface area contributed by atoms with E-state index in [-0.39, 0.29) is 12.5 Å². The molecule has 0 saturated carbocycles. The van der Waals surface area contributed by atoms with E-state index in [1.54, 1.807) is 0 Å². The molecule has 0 fully saturated rings. The van der Waals surface area contributed by atoms with E-state index in [9.17, 15) is 4.39 Å². The first-order valence-corrected chi connectivity index (χ1v) is 19.5. The zero-order valence-corrected chi connectivity index (χ0v) is 32.8.